The maximum atomic E-state index is 13.0. The monoisotopic (exact) mass is 350 g/mol. The summed E-state index contributed by atoms with van der Waals surface area (Å²) in [6.07, 6.45) is 2.74. The first-order valence-electron chi connectivity index (χ1n) is 9.44. The van der Waals surface area contributed by atoms with Gasteiger partial charge in [-0.2, -0.15) is 0 Å². The van der Waals surface area contributed by atoms with Crippen molar-refractivity contribution in [2.75, 3.05) is 26.2 Å². The minimum absolute atomic E-state index is 0.0344. The van der Waals surface area contributed by atoms with E-state index in [1.165, 1.54) is 6.92 Å². The Balaban J connectivity index is 1.66. The average molecular weight is 350 g/mol. The first kappa shape index (κ1) is 18.2. The van der Waals surface area contributed by atoms with E-state index in [1.54, 1.807) is 0 Å². The summed E-state index contributed by atoms with van der Waals surface area (Å²) in [6.45, 7) is 8.41. The van der Waals surface area contributed by atoms with Crippen molar-refractivity contribution in [1.29, 1.82) is 0 Å². The van der Waals surface area contributed by atoms with Gasteiger partial charge in [-0.1, -0.05) is 13.8 Å². The standard InChI is InChI=1S/C18H30N4O3/c1-11(2)8-21-10-15-6-14(20-12(3)23)9-22(15)18(25)16(21)7-19-17(24)13-4-5-13/h11,13-16H,4-10H2,1-3H3,(H,19,24)(H,20,23)/t14-,15-,16-/m0/s1. The maximum absolute atomic E-state index is 13.0. The number of hydrogen-bond acceptors (Lipinski definition) is 4. The summed E-state index contributed by atoms with van der Waals surface area (Å²) >= 11 is 0. The van der Waals surface area contributed by atoms with Crippen LogP contribution >= 0.6 is 0 Å². The Labute approximate surface area is 149 Å². The van der Waals surface area contributed by atoms with Crippen LogP contribution in [-0.4, -0.2) is 71.8 Å². The maximum Gasteiger partial charge on any atom is 0.242 e. The van der Waals surface area contributed by atoms with Crippen LogP contribution in [0.4, 0.5) is 0 Å². The number of piperazine rings is 1. The van der Waals surface area contributed by atoms with Crippen LogP contribution in [0, 0.1) is 11.8 Å². The topological polar surface area (TPSA) is 81.8 Å². The minimum Gasteiger partial charge on any atom is -0.354 e. The summed E-state index contributed by atoms with van der Waals surface area (Å²) in [5, 5.41) is 5.91. The lowest BCUT2D eigenvalue weighted by Gasteiger charge is -2.43. The average Bonchev–Trinajstić information content (AvgIpc) is 3.28. The second-order valence-corrected chi connectivity index (χ2v) is 8.16. The van der Waals surface area contributed by atoms with Crippen LogP contribution in [0.1, 0.15) is 40.0 Å². The van der Waals surface area contributed by atoms with E-state index in [1.807, 2.05) is 4.90 Å². The number of carbonyl (C=O) groups is 3. The molecular formula is C18H30N4O3. The molecule has 3 amide bonds. The zero-order chi connectivity index (χ0) is 18.1. The molecule has 1 aliphatic carbocycles. The normalized spacial score (nSPS) is 29.7. The molecule has 3 fully saturated rings. The lowest BCUT2D eigenvalue weighted by atomic mass is 10.0. The zero-order valence-corrected chi connectivity index (χ0v) is 15.5. The third-order valence-corrected chi connectivity index (χ3v) is 5.29. The van der Waals surface area contributed by atoms with E-state index in [0.717, 1.165) is 32.4 Å². The first-order chi connectivity index (χ1) is 11.8. The smallest absolute Gasteiger partial charge is 0.242 e. The summed E-state index contributed by atoms with van der Waals surface area (Å²) < 4.78 is 0. The van der Waals surface area contributed by atoms with E-state index in [-0.39, 0.29) is 41.8 Å². The molecule has 3 aliphatic rings. The SMILES string of the molecule is CC(=O)N[C@H]1C[C@H]2CN(CC(C)C)[C@@H](CNC(=O)C3CC3)C(=O)N2C1. The highest BCUT2D eigenvalue weighted by atomic mass is 16.2. The van der Waals surface area contributed by atoms with Gasteiger partial charge in [0.15, 0.2) is 0 Å². The fourth-order valence-corrected chi connectivity index (χ4v) is 4.07. The van der Waals surface area contributed by atoms with Gasteiger partial charge in [0.25, 0.3) is 0 Å². The number of nitrogens with zero attached hydrogens (tertiary/aromatic N) is 2. The Bertz CT molecular complexity index is 546. The molecule has 2 heterocycles. The molecule has 2 N–H and O–H groups in total. The van der Waals surface area contributed by atoms with E-state index < -0.39 is 0 Å². The predicted octanol–water partition coefficient (Wildman–Crippen LogP) is -0.0416. The summed E-state index contributed by atoms with van der Waals surface area (Å²) in [5.74, 6) is 0.719. The van der Waals surface area contributed by atoms with Crippen LogP contribution < -0.4 is 10.6 Å². The van der Waals surface area contributed by atoms with Gasteiger partial charge in [0.2, 0.25) is 17.7 Å². The summed E-state index contributed by atoms with van der Waals surface area (Å²) in [4.78, 5) is 40.5. The molecule has 2 aliphatic heterocycles. The van der Waals surface area contributed by atoms with Crippen LogP contribution in [0.25, 0.3) is 0 Å². The molecule has 3 rings (SSSR count). The molecule has 0 radical (unpaired) electrons. The summed E-state index contributed by atoms with van der Waals surface area (Å²) in [6, 6.07) is -0.108. The van der Waals surface area contributed by atoms with Gasteiger partial charge in [-0.3, -0.25) is 19.3 Å². The second-order valence-electron chi connectivity index (χ2n) is 8.16. The van der Waals surface area contributed by atoms with E-state index in [2.05, 4.69) is 29.4 Å². The molecule has 0 unspecified atom stereocenters. The molecule has 7 heteroatoms. The van der Waals surface area contributed by atoms with Gasteiger partial charge in [0.05, 0.1) is 0 Å². The van der Waals surface area contributed by atoms with Crippen LogP contribution in [0.3, 0.4) is 0 Å². The lowest BCUT2D eigenvalue weighted by molar-refractivity contribution is -0.144. The van der Waals surface area contributed by atoms with Gasteiger partial charge in [-0.25, -0.2) is 0 Å². The molecule has 0 aromatic heterocycles. The van der Waals surface area contributed by atoms with Gasteiger partial charge in [-0.05, 0) is 25.2 Å². The van der Waals surface area contributed by atoms with Crippen LogP contribution in [-0.2, 0) is 14.4 Å². The Hall–Kier alpha value is -1.63. The third-order valence-electron chi connectivity index (χ3n) is 5.29. The molecule has 7 nitrogen and oxygen atoms in total. The van der Waals surface area contributed by atoms with E-state index in [4.69, 9.17) is 0 Å². The molecular weight excluding hydrogens is 320 g/mol. The highest BCUT2D eigenvalue weighted by molar-refractivity contribution is 5.86. The fourth-order valence-electron chi connectivity index (χ4n) is 4.07. The number of carbonyl (C=O) groups excluding carboxylic acids is 3. The van der Waals surface area contributed by atoms with Crippen LogP contribution in [0.5, 0.6) is 0 Å². The first-order valence-corrected chi connectivity index (χ1v) is 9.44. The van der Waals surface area contributed by atoms with E-state index in [9.17, 15) is 14.4 Å². The molecule has 0 spiro atoms. The van der Waals surface area contributed by atoms with Crippen molar-refractivity contribution >= 4 is 17.7 Å². The molecule has 140 valence electrons. The molecule has 0 bridgehead atoms. The second kappa shape index (κ2) is 7.32. The molecule has 0 aromatic carbocycles. The molecule has 3 atom stereocenters. The number of amides is 3. The zero-order valence-electron chi connectivity index (χ0n) is 15.5. The van der Waals surface area contributed by atoms with Crippen LogP contribution in [0.15, 0.2) is 0 Å². The minimum atomic E-state index is -0.294. The molecule has 25 heavy (non-hydrogen) atoms. The lowest BCUT2D eigenvalue weighted by Crippen LogP contribution is -2.63. The molecule has 1 saturated carbocycles. The predicted molar refractivity (Wildman–Crippen MR) is 93.7 cm³/mol. The van der Waals surface area contributed by atoms with E-state index >= 15 is 0 Å². The summed E-state index contributed by atoms with van der Waals surface area (Å²) in [7, 11) is 0. The molecule has 2 saturated heterocycles. The largest absolute Gasteiger partial charge is 0.354 e. The Morgan fingerprint density at radius 3 is 2.56 bits per heavy atom. The Kier molecular flexibility index (Phi) is 5.32. The van der Waals surface area contributed by atoms with Crippen molar-refractivity contribution in [1.82, 2.24) is 20.4 Å². The quantitative estimate of drug-likeness (QED) is 0.704. The van der Waals surface area contributed by atoms with Crippen molar-refractivity contribution in [2.45, 2.75) is 58.2 Å². The van der Waals surface area contributed by atoms with Crippen LogP contribution in [0.2, 0.25) is 0 Å². The number of nitrogens with one attached hydrogen (secondary N) is 2. The fraction of sp³-hybridized carbons (Fsp3) is 0.833. The number of fused-ring (bicyclic) bond motifs is 1. The van der Waals surface area contributed by atoms with Gasteiger partial charge < -0.3 is 15.5 Å². The van der Waals surface area contributed by atoms with Gasteiger partial charge in [0.1, 0.15) is 6.04 Å². The van der Waals surface area contributed by atoms with Gasteiger partial charge >= 0.3 is 0 Å². The third kappa shape index (κ3) is 4.32. The van der Waals surface area contributed by atoms with Gasteiger partial charge in [0, 0.05) is 51.1 Å². The Morgan fingerprint density at radius 2 is 1.96 bits per heavy atom. The van der Waals surface area contributed by atoms with Crippen molar-refractivity contribution in [3.8, 4) is 0 Å². The Morgan fingerprint density at radius 1 is 1.24 bits per heavy atom. The van der Waals surface area contributed by atoms with Gasteiger partial charge in [-0.15, -0.1) is 0 Å². The van der Waals surface area contributed by atoms with Crippen molar-refractivity contribution in [2.24, 2.45) is 11.8 Å². The van der Waals surface area contributed by atoms with E-state index in [0.29, 0.717) is 19.0 Å². The molecule has 0 aromatic rings. The van der Waals surface area contributed by atoms with Crippen molar-refractivity contribution in [3.63, 3.8) is 0 Å². The number of hydrogen-bond donors (Lipinski definition) is 2. The highest BCUT2D eigenvalue weighted by Crippen LogP contribution is 2.29. The summed E-state index contributed by atoms with van der Waals surface area (Å²) in [5.41, 5.74) is 0. The highest BCUT2D eigenvalue weighted by Gasteiger charge is 2.45. The number of rotatable bonds is 6. The van der Waals surface area contributed by atoms with Crippen molar-refractivity contribution < 1.29 is 14.4 Å². The van der Waals surface area contributed by atoms with Crippen molar-refractivity contribution in [3.05, 3.63) is 0 Å².